The first-order chi connectivity index (χ1) is 16.6. The molecule has 0 spiro atoms. The third-order valence-electron chi connectivity index (χ3n) is 6.23. The molecule has 9 heteroatoms. The molecule has 0 radical (unpaired) electrons. The molecule has 1 saturated heterocycles. The molecule has 2 aromatic carbocycles. The van der Waals surface area contributed by atoms with Crippen LogP contribution in [-0.4, -0.2) is 50.6 Å². The van der Waals surface area contributed by atoms with Crippen molar-refractivity contribution in [1.82, 2.24) is 24.4 Å². The third kappa shape index (κ3) is 3.38. The Balaban J connectivity index is 1.29. The van der Waals surface area contributed by atoms with E-state index >= 15 is 0 Å². The molecular formula is C25H22ClN7O. The van der Waals surface area contributed by atoms with Crippen molar-refractivity contribution in [3.8, 4) is 5.69 Å². The second-order valence-electron chi connectivity index (χ2n) is 8.38. The Kier molecular flexibility index (Phi) is 4.95. The summed E-state index contributed by atoms with van der Waals surface area (Å²) in [5, 5.41) is 10.2. The van der Waals surface area contributed by atoms with E-state index in [0.29, 0.717) is 24.5 Å². The van der Waals surface area contributed by atoms with Crippen molar-refractivity contribution in [3.05, 3.63) is 87.9 Å². The summed E-state index contributed by atoms with van der Waals surface area (Å²) in [5.74, 6) is 0.950. The van der Waals surface area contributed by atoms with Crippen molar-refractivity contribution in [3.63, 3.8) is 0 Å². The molecule has 170 valence electrons. The number of piperazine rings is 1. The van der Waals surface area contributed by atoms with Crippen molar-refractivity contribution in [2.45, 2.75) is 6.92 Å². The maximum Gasteiger partial charge on any atom is 0.292 e. The molecule has 6 rings (SSSR count). The van der Waals surface area contributed by atoms with E-state index < -0.39 is 0 Å². The van der Waals surface area contributed by atoms with Crippen LogP contribution in [0.1, 0.15) is 5.69 Å². The Morgan fingerprint density at radius 1 is 0.912 bits per heavy atom. The fraction of sp³-hybridized carbons (Fsp3) is 0.200. The topological polar surface area (TPSA) is 71.6 Å². The van der Waals surface area contributed by atoms with Crippen LogP contribution in [0.3, 0.4) is 0 Å². The number of hydrogen-bond donors (Lipinski definition) is 0. The van der Waals surface area contributed by atoms with Crippen molar-refractivity contribution >= 4 is 39.7 Å². The lowest BCUT2D eigenvalue weighted by molar-refractivity contribution is 0.645. The first kappa shape index (κ1) is 20.7. The van der Waals surface area contributed by atoms with E-state index in [4.69, 9.17) is 16.6 Å². The normalized spacial score (nSPS) is 14.3. The van der Waals surface area contributed by atoms with E-state index in [9.17, 15) is 4.79 Å². The number of benzene rings is 2. The van der Waals surface area contributed by atoms with Crippen LogP contribution in [0, 0.1) is 6.92 Å². The van der Waals surface area contributed by atoms with Gasteiger partial charge in [0.15, 0.2) is 5.65 Å². The molecule has 0 amide bonds. The number of para-hydroxylation sites is 2. The van der Waals surface area contributed by atoms with Crippen LogP contribution in [0.2, 0.25) is 5.02 Å². The van der Waals surface area contributed by atoms with Gasteiger partial charge in [-0.05, 0) is 31.2 Å². The van der Waals surface area contributed by atoms with E-state index in [1.54, 1.807) is 6.20 Å². The largest absolute Gasteiger partial charge is 0.365 e. The van der Waals surface area contributed by atoms with Crippen LogP contribution < -0.4 is 15.4 Å². The Hall–Kier alpha value is -3.91. The number of fused-ring (bicyclic) bond motifs is 3. The van der Waals surface area contributed by atoms with E-state index in [0.717, 1.165) is 41.2 Å². The van der Waals surface area contributed by atoms with Crippen LogP contribution in [-0.2, 0) is 0 Å². The summed E-state index contributed by atoms with van der Waals surface area (Å²) in [6.45, 7) is 4.88. The van der Waals surface area contributed by atoms with Crippen LogP contribution >= 0.6 is 11.6 Å². The summed E-state index contributed by atoms with van der Waals surface area (Å²) in [4.78, 5) is 22.2. The predicted octanol–water partition coefficient (Wildman–Crippen LogP) is 3.72. The zero-order valence-corrected chi connectivity index (χ0v) is 19.4. The molecule has 1 fully saturated rings. The number of nitrogens with zero attached hydrogens (tertiary/aromatic N) is 7. The predicted molar refractivity (Wildman–Crippen MR) is 134 cm³/mol. The molecular weight excluding hydrogens is 450 g/mol. The molecule has 4 heterocycles. The Labute approximate surface area is 200 Å². The molecule has 8 nitrogen and oxygen atoms in total. The third-order valence-corrected chi connectivity index (χ3v) is 6.58. The quantitative estimate of drug-likeness (QED) is 0.399. The monoisotopic (exact) mass is 471 g/mol. The van der Waals surface area contributed by atoms with E-state index in [-0.39, 0.29) is 10.6 Å². The highest BCUT2D eigenvalue weighted by Gasteiger charge is 2.24. The van der Waals surface area contributed by atoms with Gasteiger partial charge in [-0.2, -0.15) is 14.9 Å². The van der Waals surface area contributed by atoms with Crippen LogP contribution in [0.25, 0.3) is 22.2 Å². The molecule has 34 heavy (non-hydrogen) atoms. The number of hydrogen-bond acceptors (Lipinski definition) is 6. The smallest absolute Gasteiger partial charge is 0.292 e. The molecule has 3 aromatic heterocycles. The maximum atomic E-state index is 12.9. The zero-order chi connectivity index (χ0) is 23.2. The van der Waals surface area contributed by atoms with Gasteiger partial charge >= 0.3 is 0 Å². The van der Waals surface area contributed by atoms with Gasteiger partial charge in [-0.1, -0.05) is 41.9 Å². The number of halogens is 1. The second-order valence-corrected chi connectivity index (χ2v) is 8.76. The second kappa shape index (κ2) is 8.14. The highest BCUT2D eigenvalue weighted by Crippen LogP contribution is 2.29. The lowest BCUT2D eigenvalue weighted by Gasteiger charge is -2.37. The summed E-state index contributed by atoms with van der Waals surface area (Å²) in [6.07, 6.45) is 1.68. The molecule has 0 atom stereocenters. The van der Waals surface area contributed by atoms with Crippen molar-refractivity contribution < 1.29 is 0 Å². The molecule has 0 saturated carbocycles. The van der Waals surface area contributed by atoms with Crippen molar-refractivity contribution in [2.24, 2.45) is 0 Å². The number of rotatable bonds is 3. The summed E-state index contributed by atoms with van der Waals surface area (Å²) >= 11 is 6.53. The van der Waals surface area contributed by atoms with Crippen LogP contribution in [0.4, 0.5) is 11.5 Å². The number of aryl methyl sites for hydroxylation is 1. The summed E-state index contributed by atoms with van der Waals surface area (Å²) in [7, 11) is 0. The van der Waals surface area contributed by atoms with Gasteiger partial charge < -0.3 is 9.80 Å². The van der Waals surface area contributed by atoms with Gasteiger partial charge in [0.05, 0.1) is 28.8 Å². The minimum atomic E-state index is -0.318. The Morgan fingerprint density at radius 2 is 1.62 bits per heavy atom. The standard InChI is InChI=1S/C25H22ClN7O/c1-17-15-22-28-24(19-9-5-6-10-20(19)33(22)29-17)31-13-11-30(12-14-31)21-16-27-32(25(34)23(21)26)18-7-3-2-4-8-18/h2-10,15-16H,11-14H2,1H3. The van der Waals surface area contributed by atoms with Crippen molar-refractivity contribution in [2.75, 3.05) is 36.0 Å². The van der Waals surface area contributed by atoms with Crippen LogP contribution in [0.5, 0.6) is 0 Å². The highest BCUT2D eigenvalue weighted by atomic mass is 35.5. The van der Waals surface area contributed by atoms with Gasteiger partial charge in [-0.25, -0.2) is 9.50 Å². The molecule has 0 unspecified atom stereocenters. The minimum Gasteiger partial charge on any atom is -0.365 e. The lowest BCUT2D eigenvalue weighted by Crippen LogP contribution is -2.47. The molecule has 0 bridgehead atoms. The average molecular weight is 472 g/mol. The number of aromatic nitrogens is 5. The van der Waals surface area contributed by atoms with Gasteiger partial charge in [-0.3, -0.25) is 4.79 Å². The number of anilines is 2. The molecule has 0 N–H and O–H groups in total. The van der Waals surface area contributed by atoms with E-state index in [1.807, 2.05) is 60.0 Å². The van der Waals surface area contributed by atoms with Gasteiger partial charge in [-0.15, -0.1) is 0 Å². The minimum absolute atomic E-state index is 0.187. The molecule has 1 aliphatic rings. The summed E-state index contributed by atoms with van der Waals surface area (Å²) in [6, 6.07) is 19.5. The highest BCUT2D eigenvalue weighted by molar-refractivity contribution is 6.33. The van der Waals surface area contributed by atoms with Crippen molar-refractivity contribution in [1.29, 1.82) is 0 Å². The van der Waals surface area contributed by atoms with Gasteiger partial charge in [0.25, 0.3) is 5.56 Å². The summed E-state index contributed by atoms with van der Waals surface area (Å²) in [5.41, 5.74) is 3.85. The van der Waals surface area contributed by atoms with Crippen LogP contribution in [0.15, 0.2) is 71.7 Å². The zero-order valence-electron chi connectivity index (χ0n) is 18.6. The average Bonchev–Trinajstić information content (AvgIpc) is 3.26. The first-order valence-electron chi connectivity index (χ1n) is 11.2. The fourth-order valence-corrected chi connectivity index (χ4v) is 4.81. The maximum absolute atomic E-state index is 12.9. The SMILES string of the molecule is Cc1cc2nc(N3CCN(c4cnn(-c5ccccc5)c(=O)c4Cl)CC3)c3ccccc3n2n1. The molecule has 5 aromatic rings. The van der Waals surface area contributed by atoms with E-state index in [1.165, 1.54) is 4.68 Å². The summed E-state index contributed by atoms with van der Waals surface area (Å²) < 4.78 is 3.23. The molecule has 1 aliphatic heterocycles. The van der Waals surface area contributed by atoms with Gasteiger partial charge in [0, 0.05) is 37.6 Å². The first-order valence-corrected chi connectivity index (χ1v) is 11.6. The van der Waals surface area contributed by atoms with Gasteiger partial charge in [0.1, 0.15) is 10.8 Å². The lowest BCUT2D eigenvalue weighted by atomic mass is 10.2. The van der Waals surface area contributed by atoms with E-state index in [2.05, 4.69) is 32.1 Å². The molecule has 0 aliphatic carbocycles. The Bertz CT molecular complexity index is 1570. The fourth-order valence-electron chi connectivity index (χ4n) is 4.56. The van der Waals surface area contributed by atoms with Gasteiger partial charge in [0.2, 0.25) is 0 Å². The Morgan fingerprint density at radius 3 is 2.41 bits per heavy atom.